The summed E-state index contributed by atoms with van der Waals surface area (Å²) < 4.78 is 54.5. The summed E-state index contributed by atoms with van der Waals surface area (Å²) in [7, 11) is -4.19. The van der Waals surface area contributed by atoms with Gasteiger partial charge < -0.3 is 4.90 Å². The van der Waals surface area contributed by atoms with Crippen LogP contribution >= 0.6 is 0 Å². The number of anilines is 1. The van der Waals surface area contributed by atoms with E-state index in [1.165, 1.54) is 18.2 Å². The molecule has 2 aliphatic rings. The number of nitrogens with one attached hydrogen (secondary N) is 1. The number of fused-ring (bicyclic) bond motifs is 1. The number of nitrogens with zero attached hydrogens (tertiary/aromatic N) is 2. The number of carbonyl (C=O) groups is 1. The Morgan fingerprint density at radius 3 is 2.72 bits per heavy atom. The first-order chi connectivity index (χ1) is 13.8. The molecule has 6 nitrogen and oxygen atoms in total. The van der Waals surface area contributed by atoms with Crippen molar-refractivity contribution in [3.8, 4) is 0 Å². The second kappa shape index (κ2) is 7.72. The average molecular weight is 421 g/mol. The molecule has 1 amide bonds. The quantitative estimate of drug-likeness (QED) is 0.824. The number of piperazine rings is 1. The molecule has 0 saturated carbocycles. The van der Waals surface area contributed by atoms with Gasteiger partial charge in [0.25, 0.3) is 15.9 Å². The third kappa shape index (κ3) is 4.11. The van der Waals surface area contributed by atoms with Gasteiger partial charge >= 0.3 is 0 Å². The normalized spacial score (nSPS) is 19.8. The first kappa shape index (κ1) is 19.8. The van der Waals surface area contributed by atoms with E-state index < -0.39 is 27.3 Å². The summed E-state index contributed by atoms with van der Waals surface area (Å²) in [6.45, 7) is 3.10. The van der Waals surface area contributed by atoms with Crippen molar-refractivity contribution in [2.45, 2.75) is 23.8 Å². The predicted octanol–water partition coefficient (Wildman–Crippen LogP) is 2.69. The molecule has 9 heteroatoms. The molecule has 4 rings (SSSR count). The minimum absolute atomic E-state index is 0.188. The number of amides is 1. The maximum Gasteiger partial charge on any atom is 0.262 e. The molecule has 2 fully saturated rings. The standard InChI is InChI=1S/C20H21F2N3O3S/c21-15-6-7-18(22)19(12-15)23-29(27,28)17-5-1-3-14(11-17)20(26)25-10-9-24-8-2-4-16(24)13-25/h1,3,5-7,11-12,16,23H,2,4,8-10,13H2/t16-/m0/s1. The molecule has 0 radical (unpaired) electrons. The summed E-state index contributed by atoms with van der Waals surface area (Å²) >= 11 is 0. The van der Waals surface area contributed by atoms with Gasteiger partial charge in [0.15, 0.2) is 0 Å². The molecule has 2 aliphatic heterocycles. The first-order valence-electron chi connectivity index (χ1n) is 9.45. The van der Waals surface area contributed by atoms with Crippen LogP contribution in [-0.4, -0.2) is 56.3 Å². The molecule has 154 valence electrons. The Hall–Kier alpha value is -2.52. The molecule has 0 unspecified atom stereocenters. The van der Waals surface area contributed by atoms with Gasteiger partial charge in [0.05, 0.1) is 10.6 Å². The monoisotopic (exact) mass is 421 g/mol. The SMILES string of the molecule is O=C(c1cccc(S(=O)(=O)Nc2cc(F)ccc2F)c1)N1CCN2CCC[C@H]2C1. The summed E-state index contributed by atoms with van der Waals surface area (Å²) in [5.41, 5.74) is -0.238. The van der Waals surface area contributed by atoms with Gasteiger partial charge in [-0.15, -0.1) is 0 Å². The van der Waals surface area contributed by atoms with Crippen LogP contribution in [0, 0.1) is 11.6 Å². The minimum atomic E-state index is -4.19. The van der Waals surface area contributed by atoms with Crippen LogP contribution in [-0.2, 0) is 10.0 Å². The van der Waals surface area contributed by atoms with Crippen molar-refractivity contribution in [3.63, 3.8) is 0 Å². The Labute approximate surface area is 168 Å². The average Bonchev–Trinajstić information content (AvgIpc) is 3.18. The number of carbonyl (C=O) groups excluding carboxylic acids is 1. The highest BCUT2D eigenvalue weighted by atomic mass is 32.2. The van der Waals surface area contributed by atoms with Gasteiger partial charge in [0, 0.05) is 37.3 Å². The Morgan fingerprint density at radius 2 is 1.90 bits per heavy atom. The largest absolute Gasteiger partial charge is 0.336 e. The summed E-state index contributed by atoms with van der Waals surface area (Å²) in [6.07, 6.45) is 2.18. The van der Waals surface area contributed by atoms with Crippen molar-refractivity contribution in [1.82, 2.24) is 9.80 Å². The zero-order valence-corrected chi connectivity index (χ0v) is 16.5. The lowest BCUT2D eigenvalue weighted by Gasteiger charge is -2.37. The van der Waals surface area contributed by atoms with Gasteiger partial charge in [-0.3, -0.25) is 14.4 Å². The van der Waals surface area contributed by atoms with E-state index in [4.69, 9.17) is 0 Å². The van der Waals surface area contributed by atoms with Crippen molar-refractivity contribution < 1.29 is 22.0 Å². The highest BCUT2D eigenvalue weighted by molar-refractivity contribution is 7.92. The molecule has 1 N–H and O–H groups in total. The van der Waals surface area contributed by atoms with Crippen LogP contribution in [0.2, 0.25) is 0 Å². The molecular formula is C20H21F2N3O3S. The molecule has 29 heavy (non-hydrogen) atoms. The Morgan fingerprint density at radius 1 is 1.07 bits per heavy atom. The van der Waals surface area contributed by atoms with Crippen molar-refractivity contribution in [2.24, 2.45) is 0 Å². The van der Waals surface area contributed by atoms with Crippen molar-refractivity contribution >= 4 is 21.6 Å². The maximum atomic E-state index is 13.8. The fourth-order valence-electron chi connectivity index (χ4n) is 3.93. The Balaban J connectivity index is 1.54. The van der Waals surface area contributed by atoms with Crippen LogP contribution in [0.4, 0.5) is 14.5 Å². The fraction of sp³-hybridized carbons (Fsp3) is 0.350. The smallest absolute Gasteiger partial charge is 0.262 e. The summed E-state index contributed by atoms with van der Waals surface area (Å²) in [5, 5.41) is 0. The van der Waals surface area contributed by atoms with Gasteiger partial charge in [-0.1, -0.05) is 6.07 Å². The number of rotatable bonds is 4. The number of halogens is 2. The van der Waals surface area contributed by atoms with E-state index >= 15 is 0 Å². The molecule has 0 aromatic heterocycles. The summed E-state index contributed by atoms with van der Waals surface area (Å²) in [4.78, 5) is 16.8. The molecule has 0 aliphatic carbocycles. The second-order valence-electron chi connectivity index (χ2n) is 7.34. The second-order valence-corrected chi connectivity index (χ2v) is 9.02. The van der Waals surface area contributed by atoms with Gasteiger partial charge in [0.1, 0.15) is 11.6 Å². The number of hydrogen-bond donors (Lipinski definition) is 1. The number of hydrogen-bond acceptors (Lipinski definition) is 4. The summed E-state index contributed by atoms with van der Waals surface area (Å²) in [6, 6.07) is 8.47. The van der Waals surface area contributed by atoms with E-state index in [9.17, 15) is 22.0 Å². The minimum Gasteiger partial charge on any atom is -0.336 e. The zero-order valence-electron chi connectivity index (χ0n) is 15.6. The van der Waals surface area contributed by atoms with E-state index in [0.717, 1.165) is 44.1 Å². The molecule has 2 aromatic carbocycles. The highest BCUT2D eigenvalue weighted by Gasteiger charge is 2.33. The van der Waals surface area contributed by atoms with Crippen molar-refractivity contribution in [3.05, 3.63) is 59.7 Å². The first-order valence-corrected chi connectivity index (χ1v) is 10.9. The molecular weight excluding hydrogens is 400 g/mol. The molecule has 0 spiro atoms. The zero-order chi connectivity index (χ0) is 20.6. The van der Waals surface area contributed by atoms with Crippen molar-refractivity contribution in [2.75, 3.05) is 30.9 Å². The Kier molecular flexibility index (Phi) is 5.26. The van der Waals surface area contributed by atoms with E-state index in [-0.39, 0.29) is 16.4 Å². The molecule has 2 heterocycles. The van der Waals surface area contributed by atoms with Crippen LogP contribution in [0.5, 0.6) is 0 Å². The molecule has 2 saturated heterocycles. The molecule has 0 bridgehead atoms. The van der Waals surface area contributed by atoms with Crippen LogP contribution in [0.3, 0.4) is 0 Å². The number of sulfonamides is 1. The van der Waals surface area contributed by atoms with Crippen LogP contribution < -0.4 is 4.72 Å². The van der Waals surface area contributed by atoms with E-state index in [0.29, 0.717) is 19.1 Å². The van der Waals surface area contributed by atoms with Crippen LogP contribution in [0.1, 0.15) is 23.2 Å². The van der Waals surface area contributed by atoms with Crippen LogP contribution in [0.25, 0.3) is 0 Å². The molecule has 2 aromatic rings. The summed E-state index contributed by atoms with van der Waals surface area (Å²) in [5.74, 6) is -1.89. The van der Waals surface area contributed by atoms with Crippen LogP contribution in [0.15, 0.2) is 47.4 Å². The lowest BCUT2D eigenvalue weighted by atomic mass is 10.1. The Bertz CT molecular complexity index is 1050. The van der Waals surface area contributed by atoms with E-state index in [1.807, 2.05) is 4.72 Å². The van der Waals surface area contributed by atoms with Gasteiger partial charge in [-0.2, -0.15) is 0 Å². The van der Waals surface area contributed by atoms with Gasteiger partial charge in [-0.05, 0) is 49.7 Å². The molecule has 1 atom stereocenters. The van der Waals surface area contributed by atoms with Gasteiger partial charge in [-0.25, -0.2) is 17.2 Å². The fourth-order valence-corrected chi connectivity index (χ4v) is 5.04. The van der Waals surface area contributed by atoms with E-state index in [2.05, 4.69) is 4.90 Å². The highest BCUT2D eigenvalue weighted by Crippen LogP contribution is 2.24. The third-order valence-electron chi connectivity index (χ3n) is 5.44. The predicted molar refractivity (Wildman–Crippen MR) is 104 cm³/mol. The lowest BCUT2D eigenvalue weighted by molar-refractivity contribution is 0.0571. The number of benzene rings is 2. The van der Waals surface area contributed by atoms with E-state index in [1.54, 1.807) is 11.0 Å². The third-order valence-corrected chi connectivity index (χ3v) is 6.80. The maximum absolute atomic E-state index is 13.8. The lowest BCUT2D eigenvalue weighted by Crippen LogP contribution is -2.52. The van der Waals surface area contributed by atoms with Crippen molar-refractivity contribution in [1.29, 1.82) is 0 Å². The van der Waals surface area contributed by atoms with Gasteiger partial charge in [0.2, 0.25) is 0 Å². The topological polar surface area (TPSA) is 69.7 Å².